The number of nitrogens with zero attached hydrogens (tertiary/aromatic N) is 2. The van der Waals surface area contributed by atoms with Gasteiger partial charge in [-0.05, 0) is 53.1 Å². The van der Waals surface area contributed by atoms with E-state index in [1.54, 1.807) is 36.7 Å². The van der Waals surface area contributed by atoms with Crippen LogP contribution in [0.3, 0.4) is 0 Å². The fourth-order valence-electron chi connectivity index (χ4n) is 3.19. The van der Waals surface area contributed by atoms with Gasteiger partial charge in [-0.3, -0.25) is 9.69 Å². The summed E-state index contributed by atoms with van der Waals surface area (Å²) >= 11 is 7.99. The molecule has 0 radical (unpaired) electrons. The molecule has 1 aromatic carbocycles. The number of amides is 1. The smallest absolute Gasteiger partial charge is 0.246 e. The Kier molecular flexibility index (Phi) is 7.36. The maximum atomic E-state index is 12.5. The summed E-state index contributed by atoms with van der Waals surface area (Å²) < 4.78 is 10.9. The molecule has 0 atom stereocenters. The molecule has 5 nitrogen and oxygen atoms in total. The van der Waals surface area contributed by atoms with Crippen LogP contribution in [0.15, 0.2) is 35.0 Å². The Bertz CT molecular complexity index is 815. The molecule has 1 aromatic heterocycles. The molecule has 150 valence electrons. The number of piperazine rings is 1. The van der Waals surface area contributed by atoms with Crippen LogP contribution in [0.4, 0.5) is 0 Å². The monoisotopic (exact) mass is 420 g/mol. The van der Waals surface area contributed by atoms with Crippen LogP contribution >= 0.6 is 22.9 Å². The van der Waals surface area contributed by atoms with E-state index in [4.69, 9.17) is 21.1 Å². The van der Waals surface area contributed by atoms with Gasteiger partial charge in [0.05, 0.1) is 18.7 Å². The van der Waals surface area contributed by atoms with Crippen LogP contribution < -0.4 is 9.47 Å². The molecule has 1 amide bonds. The van der Waals surface area contributed by atoms with Crippen molar-refractivity contribution in [1.82, 2.24) is 9.80 Å². The van der Waals surface area contributed by atoms with Crippen molar-refractivity contribution in [3.63, 3.8) is 0 Å². The van der Waals surface area contributed by atoms with Crippen LogP contribution in [0.1, 0.15) is 18.1 Å². The second kappa shape index (κ2) is 9.96. The molecule has 0 bridgehead atoms. The molecule has 0 saturated carbocycles. The third-order valence-electron chi connectivity index (χ3n) is 4.62. The molecule has 0 N–H and O–H groups in total. The van der Waals surface area contributed by atoms with E-state index in [1.165, 1.54) is 5.56 Å². The van der Waals surface area contributed by atoms with Crippen molar-refractivity contribution in [1.29, 1.82) is 0 Å². The number of carbonyl (C=O) groups is 1. The zero-order chi connectivity index (χ0) is 19.9. The van der Waals surface area contributed by atoms with Gasteiger partial charge >= 0.3 is 0 Å². The van der Waals surface area contributed by atoms with Gasteiger partial charge in [-0.2, -0.15) is 11.3 Å². The van der Waals surface area contributed by atoms with Gasteiger partial charge in [-0.25, -0.2) is 0 Å². The van der Waals surface area contributed by atoms with Crippen molar-refractivity contribution in [2.75, 3.05) is 39.9 Å². The fourth-order valence-corrected chi connectivity index (χ4v) is 4.14. The Morgan fingerprint density at radius 3 is 2.71 bits per heavy atom. The Labute approximate surface area is 175 Å². The lowest BCUT2D eigenvalue weighted by atomic mass is 10.1. The zero-order valence-corrected chi connectivity index (χ0v) is 17.8. The van der Waals surface area contributed by atoms with Crippen molar-refractivity contribution in [3.8, 4) is 11.5 Å². The van der Waals surface area contributed by atoms with Crippen molar-refractivity contribution < 1.29 is 14.3 Å². The highest BCUT2D eigenvalue weighted by molar-refractivity contribution is 7.07. The van der Waals surface area contributed by atoms with Gasteiger partial charge in [-0.1, -0.05) is 11.6 Å². The number of hydrogen-bond donors (Lipinski definition) is 0. The topological polar surface area (TPSA) is 42.0 Å². The second-order valence-corrected chi connectivity index (χ2v) is 7.72. The molecule has 2 aromatic rings. The average molecular weight is 421 g/mol. The molecule has 1 aliphatic heterocycles. The molecule has 0 aliphatic carbocycles. The standard InChI is InChI=1S/C21H25ClN2O3S/c1-3-27-19-13-16(12-18(22)21(19)26-2)4-5-20(25)24-9-7-23(8-10-24)14-17-6-11-28-15-17/h4-6,11-13,15H,3,7-10,14H2,1-2H3/b5-4+. The number of rotatable bonds is 7. The van der Waals surface area contributed by atoms with Gasteiger partial charge in [-0.15, -0.1) is 0 Å². The highest BCUT2D eigenvalue weighted by Crippen LogP contribution is 2.36. The summed E-state index contributed by atoms with van der Waals surface area (Å²) in [7, 11) is 1.56. The lowest BCUT2D eigenvalue weighted by molar-refractivity contribution is -0.127. The molecule has 7 heteroatoms. The van der Waals surface area contributed by atoms with E-state index < -0.39 is 0 Å². The summed E-state index contributed by atoms with van der Waals surface area (Å²) in [6.07, 6.45) is 3.37. The zero-order valence-electron chi connectivity index (χ0n) is 16.2. The quantitative estimate of drug-likeness (QED) is 0.630. The lowest BCUT2D eigenvalue weighted by Gasteiger charge is -2.34. The summed E-state index contributed by atoms with van der Waals surface area (Å²) in [6, 6.07) is 5.75. The van der Waals surface area contributed by atoms with Crippen molar-refractivity contribution in [3.05, 3.63) is 51.2 Å². The van der Waals surface area contributed by atoms with Crippen molar-refractivity contribution in [2.45, 2.75) is 13.5 Å². The van der Waals surface area contributed by atoms with Gasteiger partial charge in [0, 0.05) is 38.8 Å². The van der Waals surface area contributed by atoms with Gasteiger partial charge in [0.2, 0.25) is 5.91 Å². The van der Waals surface area contributed by atoms with Gasteiger partial charge < -0.3 is 14.4 Å². The van der Waals surface area contributed by atoms with Crippen LogP contribution in [0.25, 0.3) is 6.08 Å². The molecule has 1 saturated heterocycles. The Morgan fingerprint density at radius 1 is 1.29 bits per heavy atom. The highest BCUT2D eigenvalue weighted by Gasteiger charge is 2.19. The van der Waals surface area contributed by atoms with E-state index >= 15 is 0 Å². The summed E-state index contributed by atoms with van der Waals surface area (Å²) in [5.41, 5.74) is 2.14. The molecule has 0 spiro atoms. The number of carbonyl (C=O) groups excluding carboxylic acids is 1. The second-order valence-electron chi connectivity index (χ2n) is 6.53. The van der Waals surface area contributed by atoms with Crippen LogP contribution in [0.2, 0.25) is 5.02 Å². The number of halogens is 1. The van der Waals surface area contributed by atoms with E-state index in [-0.39, 0.29) is 5.91 Å². The Balaban J connectivity index is 1.58. The third kappa shape index (κ3) is 5.28. The average Bonchev–Trinajstić information content (AvgIpc) is 3.20. The molecular weight excluding hydrogens is 396 g/mol. The normalized spacial score (nSPS) is 15.2. The van der Waals surface area contributed by atoms with Gasteiger partial charge in [0.15, 0.2) is 11.5 Å². The lowest BCUT2D eigenvalue weighted by Crippen LogP contribution is -2.47. The van der Waals surface area contributed by atoms with Crippen molar-refractivity contribution in [2.24, 2.45) is 0 Å². The fraction of sp³-hybridized carbons (Fsp3) is 0.381. The minimum atomic E-state index is 0.0140. The van der Waals surface area contributed by atoms with Gasteiger partial charge in [0.25, 0.3) is 0 Å². The van der Waals surface area contributed by atoms with Crippen LogP contribution in [-0.4, -0.2) is 55.6 Å². The first kappa shape index (κ1) is 20.7. The number of ether oxygens (including phenoxy) is 2. The van der Waals surface area contributed by atoms with E-state index in [9.17, 15) is 4.79 Å². The van der Waals surface area contributed by atoms with E-state index in [2.05, 4.69) is 21.7 Å². The largest absolute Gasteiger partial charge is 0.491 e. The first-order chi connectivity index (χ1) is 13.6. The number of hydrogen-bond acceptors (Lipinski definition) is 5. The SMILES string of the molecule is CCOc1cc(/C=C/C(=O)N2CCN(Cc3ccsc3)CC2)cc(Cl)c1OC. The molecule has 0 unspecified atom stereocenters. The van der Waals surface area contributed by atoms with E-state index in [0.29, 0.717) is 23.1 Å². The third-order valence-corrected chi connectivity index (χ3v) is 5.64. The number of methoxy groups -OCH3 is 1. The predicted octanol–water partition coefficient (Wildman–Crippen LogP) is 4.17. The van der Waals surface area contributed by atoms with E-state index in [1.807, 2.05) is 17.9 Å². The first-order valence-electron chi connectivity index (χ1n) is 9.31. The van der Waals surface area contributed by atoms with E-state index in [0.717, 1.165) is 38.3 Å². The predicted molar refractivity (Wildman–Crippen MR) is 114 cm³/mol. The minimum Gasteiger partial charge on any atom is -0.491 e. The summed E-state index contributed by atoms with van der Waals surface area (Å²) in [5.74, 6) is 1.10. The van der Waals surface area contributed by atoms with Gasteiger partial charge in [0.1, 0.15) is 0 Å². The molecule has 1 aliphatic rings. The molecule has 1 fully saturated rings. The Hall–Kier alpha value is -2.02. The number of thiophene rings is 1. The minimum absolute atomic E-state index is 0.0140. The maximum Gasteiger partial charge on any atom is 0.246 e. The maximum absolute atomic E-state index is 12.5. The number of benzene rings is 1. The molecule has 3 rings (SSSR count). The summed E-state index contributed by atoms with van der Waals surface area (Å²) in [6.45, 7) is 6.61. The van der Waals surface area contributed by atoms with Crippen LogP contribution in [0.5, 0.6) is 11.5 Å². The summed E-state index contributed by atoms with van der Waals surface area (Å²) in [4.78, 5) is 16.8. The van der Waals surface area contributed by atoms with Crippen LogP contribution in [-0.2, 0) is 11.3 Å². The Morgan fingerprint density at radius 2 is 2.07 bits per heavy atom. The molecule has 28 heavy (non-hydrogen) atoms. The molecule has 2 heterocycles. The van der Waals surface area contributed by atoms with Crippen LogP contribution in [0, 0.1) is 0 Å². The molecular formula is C21H25ClN2O3S. The van der Waals surface area contributed by atoms with Crippen molar-refractivity contribution >= 4 is 34.9 Å². The summed E-state index contributed by atoms with van der Waals surface area (Å²) in [5, 5.41) is 4.74. The highest BCUT2D eigenvalue weighted by atomic mass is 35.5. The first-order valence-corrected chi connectivity index (χ1v) is 10.6.